The van der Waals surface area contributed by atoms with E-state index in [2.05, 4.69) is 19.9 Å². The van der Waals surface area contributed by atoms with E-state index in [4.69, 9.17) is 0 Å². The number of aromatic hydroxyl groups is 1. The summed E-state index contributed by atoms with van der Waals surface area (Å²) in [7, 11) is 0. The van der Waals surface area contributed by atoms with Gasteiger partial charge in [-0.25, -0.2) is 0 Å². The smallest absolute Gasteiger partial charge is 0.119 e. The molecule has 2 aliphatic carbocycles. The number of hydrogen-bond acceptors (Lipinski definition) is 3. The summed E-state index contributed by atoms with van der Waals surface area (Å²) in [6.07, 6.45) is 4.03. The highest BCUT2D eigenvalue weighted by molar-refractivity contribution is 5.72. The molecule has 2 aromatic carbocycles. The Morgan fingerprint density at radius 2 is 1.78 bits per heavy atom. The van der Waals surface area contributed by atoms with Crippen molar-refractivity contribution in [2.75, 3.05) is 0 Å². The van der Waals surface area contributed by atoms with Crippen LogP contribution in [0.4, 0.5) is 0 Å². The molecule has 4 atom stereocenters. The van der Waals surface area contributed by atoms with Crippen molar-refractivity contribution in [2.24, 2.45) is 5.92 Å². The van der Waals surface area contributed by atoms with Crippen LogP contribution in [0.3, 0.4) is 0 Å². The summed E-state index contributed by atoms with van der Waals surface area (Å²) >= 11 is 0. The van der Waals surface area contributed by atoms with E-state index in [-0.39, 0.29) is 17.1 Å². The van der Waals surface area contributed by atoms with Gasteiger partial charge < -0.3 is 15.3 Å². The number of phenols is 1. The average Bonchev–Trinajstić information content (AvgIpc) is 2.64. The molecule has 3 N–H and O–H groups in total. The first-order valence-corrected chi connectivity index (χ1v) is 9.76. The van der Waals surface area contributed by atoms with Crippen LogP contribution in [0.5, 0.6) is 5.75 Å². The Hall–Kier alpha value is -2.10. The first-order chi connectivity index (χ1) is 12.7. The normalized spacial score (nSPS) is 35.1. The van der Waals surface area contributed by atoms with Gasteiger partial charge in [0.05, 0.1) is 5.60 Å². The third-order valence-corrected chi connectivity index (χ3v) is 7.07. The molecule has 27 heavy (non-hydrogen) atoms. The Bertz CT molecular complexity index is 899. The Balaban J connectivity index is 1.89. The van der Waals surface area contributed by atoms with Gasteiger partial charge in [0.1, 0.15) is 11.4 Å². The monoisotopic (exact) mass is 364 g/mol. The lowest BCUT2D eigenvalue weighted by Crippen LogP contribution is -2.61. The Labute approximate surface area is 161 Å². The molecule has 0 bridgehead atoms. The van der Waals surface area contributed by atoms with Crippen LogP contribution in [0.2, 0.25) is 0 Å². The van der Waals surface area contributed by atoms with Crippen molar-refractivity contribution in [1.82, 2.24) is 0 Å². The van der Waals surface area contributed by atoms with E-state index >= 15 is 0 Å². The highest BCUT2D eigenvalue weighted by atomic mass is 16.4. The number of benzene rings is 2. The van der Waals surface area contributed by atoms with Gasteiger partial charge in [-0.1, -0.05) is 49.4 Å². The molecule has 142 valence electrons. The molecule has 1 saturated carbocycles. The topological polar surface area (TPSA) is 60.7 Å². The van der Waals surface area contributed by atoms with Crippen LogP contribution in [-0.4, -0.2) is 20.9 Å². The molecule has 4 unspecified atom stereocenters. The fourth-order valence-corrected chi connectivity index (χ4v) is 5.54. The van der Waals surface area contributed by atoms with Crippen molar-refractivity contribution >= 4 is 5.57 Å². The van der Waals surface area contributed by atoms with Crippen molar-refractivity contribution in [3.63, 3.8) is 0 Å². The van der Waals surface area contributed by atoms with Gasteiger partial charge in [-0.2, -0.15) is 0 Å². The van der Waals surface area contributed by atoms with Crippen LogP contribution in [0.15, 0.2) is 54.6 Å². The van der Waals surface area contributed by atoms with Gasteiger partial charge in [-0.05, 0) is 73.4 Å². The standard InChI is InChI=1S/C24H28O3/c1-4-23-15-22(3,26)24(27,17-8-6-5-7-9-17)14-18(23)12-16(2)20-13-19(25)10-11-21(20)23/h5-13,18,25-27H,4,14-15H2,1-3H3. The molecule has 2 aliphatic rings. The molecule has 3 heteroatoms. The van der Waals surface area contributed by atoms with Crippen molar-refractivity contribution < 1.29 is 15.3 Å². The predicted molar refractivity (Wildman–Crippen MR) is 107 cm³/mol. The first kappa shape index (κ1) is 18.3. The second-order valence-corrected chi connectivity index (χ2v) is 8.58. The number of phenolic OH excluding ortho intramolecular Hbond substituents is 1. The summed E-state index contributed by atoms with van der Waals surface area (Å²) in [4.78, 5) is 0. The summed E-state index contributed by atoms with van der Waals surface area (Å²) in [5.41, 5.74) is 1.27. The Morgan fingerprint density at radius 3 is 2.44 bits per heavy atom. The van der Waals surface area contributed by atoms with Crippen LogP contribution in [-0.2, 0) is 11.0 Å². The minimum absolute atomic E-state index is 0.116. The van der Waals surface area contributed by atoms with Crippen molar-refractivity contribution in [2.45, 2.75) is 56.7 Å². The molecule has 0 heterocycles. The van der Waals surface area contributed by atoms with Crippen LogP contribution in [0, 0.1) is 5.92 Å². The maximum atomic E-state index is 11.7. The largest absolute Gasteiger partial charge is 0.508 e. The van der Waals surface area contributed by atoms with Crippen molar-refractivity contribution in [1.29, 1.82) is 0 Å². The van der Waals surface area contributed by atoms with Gasteiger partial charge >= 0.3 is 0 Å². The summed E-state index contributed by atoms with van der Waals surface area (Å²) in [6, 6.07) is 15.1. The van der Waals surface area contributed by atoms with Crippen LogP contribution in [0.1, 0.15) is 56.7 Å². The molecular weight excluding hydrogens is 336 g/mol. The number of hydrogen-bond donors (Lipinski definition) is 3. The number of aliphatic hydroxyl groups is 2. The van der Waals surface area contributed by atoms with Crippen molar-refractivity contribution in [3.8, 4) is 5.75 Å². The lowest BCUT2D eigenvalue weighted by molar-refractivity contribution is -0.198. The second-order valence-electron chi connectivity index (χ2n) is 8.58. The molecule has 3 nitrogen and oxygen atoms in total. The van der Waals surface area contributed by atoms with E-state index in [9.17, 15) is 15.3 Å². The fourth-order valence-electron chi connectivity index (χ4n) is 5.54. The maximum Gasteiger partial charge on any atom is 0.119 e. The van der Waals surface area contributed by atoms with Gasteiger partial charge in [0.15, 0.2) is 0 Å². The highest BCUT2D eigenvalue weighted by Crippen LogP contribution is 2.60. The molecule has 4 rings (SSSR count). The van der Waals surface area contributed by atoms with Gasteiger partial charge in [0.2, 0.25) is 0 Å². The molecule has 0 amide bonds. The highest BCUT2D eigenvalue weighted by Gasteiger charge is 2.60. The van der Waals surface area contributed by atoms with E-state index in [0.717, 1.165) is 23.1 Å². The van der Waals surface area contributed by atoms with Crippen LogP contribution in [0.25, 0.3) is 5.57 Å². The third-order valence-electron chi connectivity index (χ3n) is 7.07. The number of allylic oxidation sites excluding steroid dienone is 2. The minimum atomic E-state index is -1.30. The Morgan fingerprint density at radius 1 is 1.07 bits per heavy atom. The molecule has 0 spiro atoms. The fraction of sp³-hybridized carbons (Fsp3) is 0.417. The Kier molecular flexibility index (Phi) is 4.03. The lowest BCUT2D eigenvalue weighted by atomic mass is 9.49. The van der Waals surface area contributed by atoms with E-state index in [1.807, 2.05) is 42.5 Å². The average molecular weight is 364 g/mol. The predicted octanol–water partition coefficient (Wildman–Crippen LogP) is 4.51. The third kappa shape index (κ3) is 2.49. The van der Waals surface area contributed by atoms with Gasteiger partial charge in [-0.3, -0.25) is 0 Å². The van der Waals surface area contributed by atoms with E-state index in [1.165, 1.54) is 5.56 Å². The van der Waals surface area contributed by atoms with Crippen LogP contribution >= 0.6 is 0 Å². The molecule has 0 saturated heterocycles. The zero-order valence-corrected chi connectivity index (χ0v) is 16.2. The molecule has 1 fully saturated rings. The number of fused-ring (bicyclic) bond motifs is 3. The van der Waals surface area contributed by atoms with Gasteiger partial charge in [0, 0.05) is 5.41 Å². The first-order valence-electron chi connectivity index (χ1n) is 9.76. The van der Waals surface area contributed by atoms with Crippen molar-refractivity contribution in [3.05, 3.63) is 71.3 Å². The summed E-state index contributed by atoms with van der Waals surface area (Å²) in [6.45, 7) is 5.98. The SMILES string of the molecule is CCC12CC(C)(O)C(O)(c3ccccc3)CC1C=C(C)c1cc(O)ccc12. The summed E-state index contributed by atoms with van der Waals surface area (Å²) in [5, 5.41) is 33.2. The van der Waals surface area contributed by atoms with Gasteiger partial charge in [-0.15, -0.1) is 0 Å². The lowest BCUT2D eigenvalue weighted by Gasteiger charge is -2.58. The zero-order valence-electron chi connectivity index (χ0n) is 16.2. The molecular formula is C24H28O3. The van der Waals surface area contributed by atoms with E-state index in [1.54, 1.807) is 13.0 Å². The van der Waals surface area contributed by atoms with E-state index in [0.29, 0.717) is 12.8 Å². The minimum Gasteiger partial charge on any atom is -0.508 e. The number of rotatable bonds is 2. The quantitative estimate of drug-likeness (QED) is 0.735. The van der Waals surface area contributed by atoms with Crippen LogP contribution < -0.4 is 0 Å². The van der Waals surface area contributed by atoms with E-state index < -0.39 is 11.2 Å². The summed E-state index contributed by atoms with van der Waals surface area (Å²) in [5.74, 6) is 0.375. The summed E-state index contributed by atoms with van der Waals surface area (Å²) < 4.78 is 0. The maximum absolute atomic E-state index is 11.7. The molecule has 0 aromatic heterocycles. The van der Waals surface area contributed by atoms with Gasteiger partial charge in [0.25, 0.3) is 0 Å². The molecule has 0 radical (unpaired) electrons. The second kappa shape index (κ2) is 5.95. The zero-order chi connectivity index (χ0) is 19.4. The molecule has 0 aliphatic heterocycles. The molecule has 2 aromatic rings.